The monoisotopic (exact) mass is 305 g/mol. The number of rotatable bonds is 3. The largest absolute Gasteiger partial charge is 0.396 e. The lowest BCUT2D eigenvalue weighted by atomic mass is 10.0. The van der Waals surface area contributed by atoms with E-state index in [-0.39, 0.29) is 0 Å². The SMILES string of the molecule is CC(C)c1ccccc1Nc1c(N)cncc1Br. The van der Waals surface area contributed by atoms with E-state index in [0.29, 0.717) is 11.6 Å². The Labute approximate surface area is 116 Å². The Morgan fingerprint density at radius 1 is 1.22 bits per heavy atom. The number of nitrogen functional groups attached to an aromatic ring is 1. The van der Waals surface area contributed by atoms with Gasteiger partial charge in [-0.15, -0.1) is 0 Å². The highest BCUT2D eigenvalue weighted by Crippen LogP contribution is 2.33. The van der Waals surface area contributed by atoms with Crippen molar-refractivity contribution >= 4 is 33.0 Å². The zero-order valence-corrected chi connectivity index (χ0v) is 12.0. The van der Waals surface area contributed by atoms with Crippen molar-refractivity contribution < 1.29 is 0 Å². The molecule has 0 amide bonds. The van der Waals surface area contributed by atoms with Gasteiger partial charge < -0.3 is 11.1 Å². The highest BCUT2D eigenvalue weighted by atomic mass is 79.9. The Morgan fingerprint density at radius 2 is 1.94 bits per heavy atom. The molecule has 0 saturated carbocycles. The van der Waals surface area contributed by atoms with E-state index in [1.165, 1.54) is 5.56 Å². The molecule has 0 aliphatic carbocycles. The van der Waals surface area contributed by atoms with Crippen LogP contribution in [0.4, 0.5) is 17.1 Å². The van der Waals surface area contributed by atoms with Gasteiger partial charge in [-0.2, -0.15) is 0 Å². The average Bonchev–Trinajstić information content (AvgIpc) is 2.34. The van der Waals surface area contributed by atoms with E-state index in [0.717, 1.165) is 15.8 Å². The number of anilines is 3. The summed E-state index contributed by atoms with van der Waals surface area (Å²) < 4.78 is 0.862. The van der Waals surface area contributed by atoms with Crippen LogP contribution >= 0.6 is 15.9 Å². The molecule has 0 spiro atoms. The molecule has 1 heterocycles. The van der Waals surface area contributed by atoms with Crippen molar-refractivity contribution in [3.8, 4) is 0 Å². The number of nitrogens with one attached hydrogen (secondary N) is 1. The number of halogens is 1. The van der Waals surface area contributed by atoms with Crippen LogP contribution in [0.1, 0.15) is 25.3 Å². The standard InChI is InChI=1S/C14H16BrN3/c1-9(2)10-5-3-4-6-13(10)18-14-11(15)7-17-8-12(14)16/h3-9H,16H2,1-2H3,(H,17,18). The number of pyridine rings is 1. The molecule has 0 fully saturated rings. The van der Waals surface area contributed by atoms with E-state index < -0.39 is 0 Å². The lowest BCUT2D eigenvalue weighted by Gasteiger charge is -2.16. The van der Waals surface area contributed by atoms with E-state index in [1.807, 2.05) is 12.1 Å². The minimum absolute atomic E-state index is 0.454. The molecule has 0 unspecified atom stereocenters. The molecule has 3 N–H and O–H groups in total. The molecule has 18 heavy (non-hydrogen) atoms. The van der Waals surface area contributed by atoms with Gasteiger partial charge in [0.25, 0.3) is 0 Å². The summed E-state index contributed by atoms with van der Waals surface area (Å²) in [4.78, 5) is 4.03. The second kappa shape index (κ2) is 5.40. The number of hydrogen-bond donors (Lipinski definition) is 2. The van der Waals surface area contributed by atoms with Crippen molar-refractivity contribution in [2.24, 2.45) is 0 Å². The first-order valence-corrected chi connectivity index (χ1v) is 6.64. The van der Waals surface area contributed by atoms with Gasteiger partial charge in [0.15, 0.2) is 0 Å². The van der Waals surface area contributed by atoms with Crippen LogP contribution in [0.2, 0.25) is 0 Å². The van der Waals surface area contributed by atoms with E-state index in [9.17, 15) is 0 Å². The van der Waals surface area contributed by atoms with Crippen LogP contribution in [0.3, 0.4) is 0 Å². The zero-order valence-electron chi connectivity index (χ0n) is 10.4. The molecule has 1 aromatic heterocycles. The maximum atomic E-state index is 5.94. The number of para-hydroxylation sites is 1. The molecular weight excluding hydrogens is 290 g/mol. The molecule has 0 aliphatic heterocycles. The number of aromatic nitrogens is 1. The van der Waals surface area contributed by atoms with E-state index in [4.69, 9.17) is 5.73 Å². The minimum Gasteiger partial charge on any atom is -0.396 e. The maximum absolute atomic E-state index is 5.94. The molecule has 0 radical (unpaired) electrons. The van der Waals surface area contributed by atoms with Gasteiger partial charge in [-0.1, -0.05) is 32.0 Å². The number of nitrogens with zero attached hydrogens (tertiary/aromatic N) is 1. The van der Waals surface area contributed by atoms with E-state index in [2.05, 4.69) is 52.2 Å². The van der Waals surface area contributed by atoms with Gasteiger partial charge >= 0.3 is 0 Å². The summed E-state index contributed by atoms with van der Waals surface area (Å²) in [5, 5.41) is 3.38. The highest BCUT2D eigenvalue weighted by molar-refractivity contribution is 9.10. The summed E-state index contributed by atoms with van der Waals surface area (Å²) in [6, 6.07) is 8.24. The summed E-state index contributed by atoms with van der Waals surface area (Å²) in [5.41, 5.74) is 9.77. The molecule has 0 saturated heterocycles. The number of nitrogens with two attached hydrogens (primary N) is 1. The predicted octanol–water partition coefficient (Wildman–Crippen LogP) is 4.29. The van der Waals surface area contributed by atoms with Gasteiger partial charge in [-0.3, -0.25) is 4.98 Å². The van der Waals surface area contributed by atoms with Gasteiger partial charge in [-0.05, 0) is 33.5 Å². The second-order valence-corrected chi connectivity index (χ2v) is 5.31. The summed E-state index contributed by atoms with van der Waals surface area (Å²) in [6.07, 6.45) is 3.38. The van der Waals surface area contributed by atoms with Gasteiger partial charge in [0.05, 0.1) is 22.0 Å². The van der Waals surface area contributed by atoms with Crippen molar-refractivity contribution in [3.05, 3.63) is 46.7 Å². The average molecular weight is 306 g/mol. The first kappa shape index (κ1) is 12.9. The van der Waals surface area contributed by atoms with Crippen LogP contribution in [0, 0.1) is 0 Å². The predicted molar refractivity (Wildman–Crippen MR) is 80.2 cm³/mol. The summed E-state index contributed by atoms with van der Waals surface area (Å²) in [5.74, 6) is 0.454. The van der Waals surface area contributed by atoms with Crippen molar-refractivity contribution in [2.45, 2.75) is 19.8 Å². The first-order chi connectivity index (χ1) is 8.59. The molecule has 1 aromatic carbocycles. The van der Waals surface area contributed by atoms with Crippen LogP contribution in [0.5, 0.6) is 0 Å². The third-order valence-electron chi connectivity index (χ3n) is 2.77. The number of benzene rings is 1. The normalized spacial score (nSPS) is 10.7. The summed E-state index contributed by atoms with van der Waals surface area (Å²) >= 11 is 3.46. The zero-order chi connectivity index (χ0) is 13.1. The Balaban J connectivity index is 2.40. The lowest BCUT2D eigenvalue weighted by molar-refractivity contribution is 0.869. The summed E-state index contributed by atoms with van der Waals surface area (Å²) in [7, 11) is 0. The Hall–Kier alpha value is -1.55. The lowest BCUT2D eigenvalue weighted by Crippen LogP contribution is -2.01. The topological polar surface area (TPSA) is 50.9 Å². The fourth-order valence-electron chi connectivity index (χ4n) is 1.83. The molecule has 2 aromatic rings. The second-order valence-electron chi connectivity index (χ2n) is 4.45. The van der Waals surface area contributed by atoms with Crippen LogP contribution in [0.25, 0.3) is 0 Å². The van der Waals surface area contributed by atoms with Gasteiger partial charge in [0.1, 0.15) is 0 Å². The van der Waals surface area contributed by atoms with Gasteiger partial charge in [-0.25, -0.2) is 0 Å². The highest BCUT2D eigenvalue weighted by Gasteiger charge is 2.09. The van der Waals surface area contributed by atoms with Crippen molar-refractivity contribution in [1.82, 2.24) is 4.98 Å². The molecule has 4 heteroatoms. The number of hydrogen-bond acceptors (Lipinski definition) is 3. The van der Waals surface area contributed by atoms with Gasteiger partial charge in [0, 0.05) is 11.9 Å². The molecule has 0 bridgehead atoms. The van der Waals surface area contributed by atoms with Crippen LogP contribution in [-0.2, 0) is 0 Å². The fourth-order valence-corrected chi connectivity index (χ4v) is 2.28. The quantitative estimate of drug-likeness (QED) is 0.889. The first-order valence-electron chi connectivity index (χ1n) is 5.84. The van der Waals surface area contributed by atoms with Crippen LogP contribution in [0.15, 0.2) is 41.1 Å². The van der Waals surface area contributed by atoms with E-state index in [1.54, 1.807) is 12.4 Å². The molecule has 3 nitrogen and oxygen atoms in total. The Kier molecular flexibility index (Phi) is 3.87. The molecular formula is C14H16BrN3. The summed E-state index contributed by atoms with van der Waals surface area (Å²) in [6.45, 7) is 4.34. The third kappa shape index (κ3) is 2.64. The van der Waals surface area contributed by atoms with E-state index >= 15 is 0 Å². The molecule has 0 atom stereocenters. The fraction of sp³-hybridized carbons (Fsp3) is 0.214. The Morgan fingerprint density at radius 3 is 2.61 bits per heavy atom. The molecule has 2 rings (SSSR count). The van der Waals surface area contributed by atoms with Gasteiger partial charge in [0.2, 0.25) is 0 Å². The van der Waals surface area contributed by atoms with Crippen LogP contribution < -0.4 is 11.1 Å². The smallest absolute Gasteiger partial charge is 0.0794 e. The molecule has 0 aliphatic rings. The minimum atomic E-state index is 0.454. The van der Waals surface area contributed by atoms with Crippen molar-refractivity contribution in [3.63, 3.8) is 0 Å². The maximum Gasteiger partial charge on any atom is 0.0794 e. The molecule has 94 valence electrons. The van der Waals surface area contributed by atoms with Crippen LogP contribution in [-0.4, -0.2) is 4.98 Å². The Bertz CT molecular complexity index is 532. The van der Waals surface area contributed by atoms with Crippen molar-refractivity contribution in [1.29, 1.82) is 0 Å². The third-order valence-corrected chi connectivity index (χ3v) is 3.37. The van der Waals surface area contributed by atoms with Crippen molar-refractivity contribution in [2.75, 3.05) is 11.1 Å².